The van der Waals surface area contributed by atoms with Crippen molar-refractivity contribution in [3.05, 3.63) is 30.4 Å². The van der Waals surface area contributed by atoms with Crippen molar-refractivity contribution in [1.82, 2.24) is 13.6 Å². The third kappa shape index (κ3) is 2.08. The summed E-state index contributed by atoms with van der Waals surface area (Å²) in [5.41, 5.74) is 0.610. The van der Waals surface area contributed by atoms with Crippen molar-refractivity contribution in [2.45, 2.75) is 0 Å². The lowest BCUT2D eigenvalue weighted by molar-refractivity contribution is 0.0746. The SMILES string of the molecule is O=C(c1ccoc1)N1CCN(c2cnsn2)CC1. The Bertz CT molecular complexity index is 503. The van der Waals surface area contributed by atoms with Crippen LogP contribution in [0.5, 0.6) is 0 Å². The van der Waals surface area contributed by atoms with Crippen LogP contribution >= 0.6 is 11.7 Å². The van der Waals surface area contributed by atoms with Gasteiger partial charge in [0.15, 0.2) is 5.82 Å². The van der Waals surface area contributed by atoms with Crippen molar-refractivity contribution < 1.29 is 9.21 Å². The highest BCUT2D eigenvalue weighted by molar-refractivity contribution is 6.99. The van der Waals surface area contributed by atoms with Gasteiger partial charge in [-0.2, -0.15) is 8.75 Å². The number of anilines is 1. The molecule has 0 aromatic carbocycles. The van der Waals surface area contributed by atoms with Gasteiger partial charge >= 0.3 is 0 Å². The summed E-state index contributed by atoms with van der Waals surface area (Å²) in [6, 6.07) is 1.69. The molecule has 0 atom stereocenters. The Labute approximate surface area is 108 Å². The first-order valence-electron chi connectivity index (χ1n) is 5.68. The van der Waals surface area contributed by atoms with Gasteiger partial charge in [0.25, 0.3) is 5.91 Å². The molecule has 0 aliphatic carbocycles. The highest BCUT2D eigenvalue weighted by Gasteiger charge is 2.23. The number of rotatable bonds is 2. The highest BCUT2D eigenvalue weighted by Crippen LogP contribution is 2.15. The van der Waals surface area contributed by atoms with Gasteiger partial charge in [-0.15, -0.1) is 0 Å². The second-order valence-corrected chi connectivity index (χ2v) is 4.61. The highest BCUT2D eigenvalue weighted by atomic mass is 32.1. The van der Waals surface area contributed by atoms with Gasteiger partial charge < -0.3 is 14.2 Å². The molecule has 0 spiro atoms. The molecule has 3 heterocycles. The number of furan rings is 1. The van der Waals surface area contributed by atoms with Gasteiger partial charge in [0.1, 0.15) is 6.26 Å². The molecular formula is C11H12N4O2S. The summed E-state index contributed by atoms with van der Waals surface area (Å²) in [5, 5.41) is 0. The molecule has 1 aliphatic rings. The molecule has 1 amide bonds. The van der Waals surface area contributed by atoms with E-state index in [0.29, 0.717) is 18.7 Å². The largest absolute Gasteiger partial charge is 0.472 e. The molecular weight excluding hydrogens is 252 g/mol. The van der Waals surface area contributed by atoms with Crippen LogP contribution in [0.15, 0.2) is 29.2 Å². The van der Waals surface area contributed by atoms with Crippen LogP contribution in [0.2, 0.25) is 0 Å². The van der Waals surface area contributed by atoms with Crippen LogP contribution in [-0.4, -0.2) is 45.7 Å². The Morgan fingerprint density at radius 2 is 2.17 bits per heavy atom. The molecule has 7 heteroatoms. The zero-order chi connectivity index (χ0) is 12.4. The van der Waals surface area contributed by atoms with Crippen molar-refractivity contribution >= 4 is 23.5 Å². The number of nitrogens with zero attached hydrogens (tertiary/aromatic N) is 4. The molecule has 1 saturated heterocycles. The van der Waals surface area contributed by atoms with Crippen molar-refractivity contribution in [3.8, 4) is 0 Å². The van der Waals surface area contributed by atoms with E-state index in [1.54, 1.807) is 12.3 Å². The van der Waals surface area contributed by atoms with Crippen molar-refractivity contribution in [3.63, 3.8) is 0 Å². The molecule has 18 heavy (non-hydrogen) atoms. The van der Waals surface area contributed by atoms with E-state index in [-0.39, 0.29) is 5.91 Å². The monoisotopic (exact) mass is 264 g/mol. The second kappa shape index (κ2) is 4.77. The molecule has 0 N–H and O–H groups in total. The summed E-state index contributed by atoms with van der Waals surface area (Å²) in [5.74, 6) is 0.926. The van der Waals surface area contributed by atoms with Crippen LogP contribution in [0, 0.1) is 0 Å². The van der Waals surface area contributed by atoms with Crippen LogP contribution in [0.3, 0.4) is 0 Å². The van der Waals surface area contributed by atoms with E-state index in [9.17, 15) is 4.79 Å². The quantitative estimate of drug-likeness (QED) is 0.812. The summed E-state index contributed by atoms with van der Waals surface area (Å²) in [6.45, 7) is 2.97. The minimum atomic E-state index is 0.0276. The predicted octanol–water partition coefficient (Wildman–Crippen LogP) is 1.09. The van der Waals surface area contributed by atoms with E-state index < -0.39 is 0 Å². The molecule has 2 aromatic rings. The Morgan fingerprint density at radius 1 is 1.33 bits per heavy atom. The molecule has 1 fully saturated rings. The molecule has 3 rings (SSSR count). The number of carbonyl (C=O) groups is 1. The van der Waals surface area contributed by atoms with Crippen LogP contribution in [0.4, 0.5) is 5.82 Å². The molecule has 0 saturated carbocycles. The van der Waals surface area contributed by atoms with Crippen LogP contribution in [-0.2, 0) is 0 Å². The lowest BCUT2D eigenvalue weighted by Crippen LogP contribution is -2.48. The predicted molar refractivity (Wildman–Crippen MR) is 66.7 cm³/mol. The maximum atomic E-state index is 12.1. The van der Waals surface area contributed by atoms with E-state index in [2.05, 4.69) is 13.6 Å². The Kier molecular flexibility index (Phi) is 2.97. The number of hydrogen-bond acceptors (Lipinski definition) is 6. The summed E-state index contributed by atoms with van der Waals surface area (Å²) < 4.78 is 13.1. The number of piperazine rings is 1. The van der Waals surface area contributed by atoms with Crippen LogP contribution < -0.4 is 4.90 Å². The third-order valence-corrected chi connectivity index (χ3v) is 3.48. The first kappa shape index (κ1) is 11.2. The van der Waals surface area contributed by atoms with Gasteiger partial charge in [-0.05, 0) is 6.07 Å². The topological polar surface area (TPSA) is 62.5 Å². The summed E-state index contributed by atoms with van der Waals surface area (Å²) in [6.07, 6.45) is 4.77. The summed E-state index contributed by atoms with van der Waals surface area (Å²) >= 11 is 1.20. The minimum absolute atomic E-state index is 0.0276. The molecule has 0 bridgehead atoms. The maximum absolute atomic E-state index is 12.1. The number of aromatic nitrogens is 2. The zero-order valence-corrected chi connectivity index (χ0v) is 10.5. The second-order valence-electron chi connectivity index (χ2n) is 4.06. The Hall–Kier alpha value is -1.89. The molecule has 0 unspecified atom stereocenters. The summed E-state index contributed by atoms with van der Waals surface area (Å²) in [7, 11) is 0. The first-order valence-corrected chi connectivity index (χ1v) is 6.41. The zero-order valence-electron chi connectivity index (χ0n) is 9.65. The number of amides is 1. The van der Waals surface area contributed by atoms with Crippen molar-refractivity contribution in [1.29, 1.82) is 0 Å². The van der Waals surface area contributed by atoms with Gasteiger partial charge in [-0.25, -0.2) is 0 Å². The van der Waals surface area contributed by atoms with Crippen molar-refractivity contribution in [2.75, 3.05) is 31.1 Å². The Balaban J connectivity index is 1.62. The average molecular weight is 264 g/mol. The van der Waals surface area contributed by atoms with Gasteiger partial charge in [0, 0.05) is 26.2 Å². The van der Waals surface area contributed by atoms with Gasteiger partial charge in [-0.1, -0.05) is 0 Å². The van der Waals surface area contributed by atoms with Crippen molar-refractivity contribution in [2.24, 2.45) is 0 Å². The lowest BCUT2D eigenvalue weighted by atomic mass is 10.2. The van der Waals surface area contributed by atoms with E-state index >= 15 is 0 Å². The van der Waals surface area contributed by atoms with Gasteiger partial charge in [0.05, 0.1) is 29.8 Å². The molecule has 1 aliphatic heterocycles. The standard InChI is InChI=1S/C11H12N4O2S/c16-11(9-1-6-17-8-9)15-4-2-14(3-5-15)10-7-12-18-13-10/h1,6-8H,2-5H2. The average Bonchev–Trinajstić information content (AvgIpc) is 3.11. The fraction of sp³-hybridized carbons (Fsp3) is 0.364. The van der Waals surface area contributed by atoms with E-state index in [0.717, 1.165) is 18.9 Å². The first-order chi connectivity index (χ1) is 8.84. The fourth-order valence-corrected chi connectivity index (χ4v) is 2.44. The normalized spacial score (nSPS) is 16.0. The minimum Gasteiger partial charge on any atom is -0.472 e. The van der Waals surface area contributed by atoms with E-state index in [1.165, 1.54) is 24.3 Å². The molecule has 2 aromatic heterocycles. The van der Waals surface area contributed by atoms with Gasteiger partial charge in [-0.3, -0.25) is 4.79 Å². The Morgan fingerprint density at radius 3 is 2.78 bits per heavy atom. The van der Waals surface area contributed by atoms with Crippen LogP contribution in [0.1, 0.15) is 10.4 Å². The molecule has 0 radical (unpaired) electrons. The van der Waals surface area contributed by atoms with Gasteiger partial charge in [0.2, 0.25) is 0 Å². The lowest BCUT2D eigenvalue weighted by Gasteiger charge is -2.34. The molecule has 94 valence electrons. The smallest absolute Gasteiger partial charge is 0.257 e. The maximum Gasteiger partial charge on any atom is 0.257 e. The van der Waals surface area contributed by atoms with E-state index in [4.69, 9.17) is 4.42 Å². The number of carbonyl (C=O) groups excluding carboxylic acids is 1. The van der Waals surface area contributed by atoms with Crippen LogP contribution in [0.25, 0.3) is 0 Å². The van der Waals surface area contributed by atoms with E-state index in [1.807, 2.05) is 4.90 Å². The third-order valence-electron chi connectivity index (χ3n) is 3.01. The fourth-order valence-electron chi connectivity index (χ4n) is 2.01. The number of hydrogen-bond donors (Lipinski definition) is 0. The molecule has 6 nitrogen and oxygen atoms in total. The summed E-state index contributed by atoms with van der Waals surface area (Å²) in [4.78, 5) is 16.1.